The predicted octanol–water partition coefficient (Wildman–Crippen LogP) is 0.771. The van der Waals surface area contributed by atoms with Crippen LogP contribution in [0.5, 0.6) is 5.75 Å². The van der Waals surface area contributed by atoms with E-state index in [9.17, 15) is 9.90 Å². The Labute approximate surface area is 113 Å². The van der Waals surface area contributed by atoms with Crippen LogP contribution < -0.4 is 15.0 Å². The molecular weight excluding hydrogens is 244 g/mol. The Kier molecular flexibility index (Phi) is 4.27. The third kappa shape index (κ3) is 2.98. The molecule has 2 N–H and O–H groups in total. The van der Waals surface area contributed by atoms with Gasteiger partial charge in [0, 0.05) is 24.3 Å². The minimum absolute atomic E-state index is 0.122. The molecule has 5 nitrogen and oxygen atoms in total. The van der Waals surface area contributed by atoms with E-state index in [-0.39, 0.29) is 18.6 Å². The van der Waals surface area contributed by atoms with E-state index in [1.165, 1.54) is 0 Å². The number of amides is 1. The van der Waals surface area contributed by atoms with Crippen molar-refractivity contribution in [3.05, 3.63) is 24.3 Å². The molecule has 2 unspecified atom stereocenters. The van der Waals surface area contributed by atoms with Gasteiger partial charge in [-0.1, -0.05) is 6.07 Å². The van der Waals surface area contributed by atoms with Crippen LogP contribution in [0, 0.1) is 0 Å². The third-order valence-electron chi connectivity index (χ3n) is 3.43. The number of methoxy groups -OCH3 is 1. The molecule has 0 aromatic heterocycles. The van der Waals surface area contributed by atoms with Gasteiger partial charge in [-0.2, -0.15) is 0 Å². The number of carbonyl (C=O) groups is 1. The zero-order chi connectivity index (χ0) is 13.8. The van der Waals surface area contributed by atoms with Gasteiger partial charge < -0.3 is 20.1 Å². The van der Waals surface area contributed by atoms with Crippen LogP contribution in [0.25, 0.3) is 0 Å². The molecule has 0 radical (unpaired) electrons. The molecule has 1 aliphatic heterocycles. The van der Waals surface area contributed by atoms with Crippen LogP contribution in [0.2, 0.25) is 0 Å². The summed E-state index contributed by atoms with van der Waals surface area (Å²) in [5, 5.41) is 12.4. The average Bonchev–Trinajstić information content (AvgIpc) is 2.56. The summed E-state index contributed by atoms with van der Waals surface area (Å²) in [6.07, 6.45) is 0.847. The highest BCUT2D eigenvalue weighted by Crippen LogP contribution is 2.24. The van der Waals surface area contributed by atoms with E-state index in [0.29, 0.717) is 0 Å². The number of nitrogens with zero attached hydrogens (tertiary/aromatic N) is 1. The number of aliphatic hydroxyl groups excluding tert-OH is 1. The van der Waals surface area contributed by atoms with Gasteiger partial charge in [-0.3, -0.25) is 4.79 Å². The van der Waals surface area contributed by atoms with Gasteiger partial charge in [-0.05, 0) is 25.5 Å². The SMILES string of the molecule is COc1cccc(N2CCC(C)NC(=O)C2CO)c1. The number of rotatable bonds is 3. The molecule has 1 saturated heterocycles. The van der Waals surface area contributed by atoms with Gasteiger partial charge in [0.05, 0.1) is 13.7 Å². The Morgan fingerprint density at radius 1 is 1.53 bits per heavy atom. The summed E-state index contributed by atoms with van der Waals surface area (Å²) in [6, 6.07) is 7.13. The van der Waals surface area contributed by atoms with E-state index < -0.39 is 6.04 Å². The van der Waals surface area contributed by atoms with E-state index >= 15 is 0 Å². The van der Waals surface area contributed by atoms with E-state index in [2.05, 4.69) is 5.32 Å². The maximum absolute atomic E-state index is 12.0. The van der Waals surface area contributed by atoms with Crippen LogP contribution in [0.15, 0.2) is 24.3 Å². The number of carbonyl (C=O) groups excluding carboxylic acids is 1. The fraction of sp³-hybridized carbons (Fsp3) is 0.500. The van der Waals surface area contributed by atoms with Crippen LogP contribution in [0.4, 0.5) is 5.69 Å². The Morgan fingerprint density at radius 3 is 3.00 bits per heavy atom. The van der Waals surface area contributed by atoms with Gasteiger partial charge >= 0.3 is 0 Å². The summed E-state index contributed by atoms with van der Waals surface area (Å²) in [6.45, 7) is 2.50. The van der Waals surface area contributed by atoms with Crippen LogP contribution in [0.3, 0.4) is 0 Å². The number of ether oxygens (including phenoxy) is 1. The first-order valence-corrected chi connectivity index (χ1v) is 6.47. The molecule has 1 amide bonds. The minimum atomic E-state index is -0.544. The topological polar surface area (TPSA) is 61.8 Å². The molecule has 5 heteroatoms. The van der Waals surface area contributed by atoms with E-state index in [4.69, 9.17) is 4.74 Å². The maximum atomic E-state index is 12.0. The summed E-state index contributed by atoms with van der Waals surface area (Å²) in [7, 11) is 1.61. The maximum Gasteiger partial charge on any atom is 0.245 e. The summed E-state index contributed by atoms with van der Waals surface area (Å²) in [5.74, 6) is 0.613. The van der Waals surface area contributed by atoms with Crippen molar-refractivity contribution in [3.8, 4) is 5.75 Å². The van der Waals surface area contributed by atoms with Crippen molar-refractivity contribution in [1.82, 2.24) is 5.32 Å². The number of nitrogens with one attached hydrogen (secondary N) is 1. The fourth-order valence-corrected chi connectivity index (χ4v) is 2.32. The van der Waals surface area contributed by atoms with Crippen molar-refractivity contribution >= 4 is 11.6 Å². The van der Waals surface area contributed by atoms with Crippen molar-refractivity contribution in [2.24, 2.45) is 0 Å². The number of aliphatic hydroxyl groups is 1. The van der Waals surface area contributed by atoms with Crippen LogP contribution in [0.1, 0.15) is 13.3 Å². The second-order valence-electron chi connectivity index (χ2n) is 4.79. The second-order valence-corrected chi connectivity index (χ2v) is 4.79. The first-order valence-electron chi connectivity index (χ1n) is 6.47. The van der Waals surface area contributed by atoms with Crippen molar-refractivity contribution in [3.63, 3.8) is 0 Å². The van der Waals surface area contributed by atoms with Gasteiger partial charge in [-0.25, -0.2) is 0 Å². The number of hydrogen-bond acceptors (Lipinski definition) is 4. The van der Waals surface area contributed by atoms with Crippen LogP contribution in [-0.2, 0) is 4.79 Å². The molecular formula is C14H20N2O3. The van der Waals surface area contributed by atoms with E-state index in [0.717, 1.165) is 24.4 Å². The van der Waals surface area contributed by atoms with Gasteiger partial charge in [0.1, 0.15) is 11.8 Å². The second kappa shape index (κ2) is 5.93. The summed E-state index contributed by atoms with van der Waals surface area (Å²) in [4.78, 5) is 14.0. The Balaban J connectivity index is 2.30. The monoisotopic (exact) mass is 264 g/mol. The van der Waals surface area contributed by atoms with Crippen molar-refractivity contribution in [2.75, 3.05) is 25.2 Å². The number of hydrogen-bond donors (Lipinski definition) is 2. The summed E-state index contributed by atoms with van der Waals surface area (Å²) in [5.41, 5.74) is 0.891. The molecule has 0 bridgehead atoms. The Hall–Kier alpha value is -1.75. The zero-order valence-corrected chi connectivity index (χ0v) is 11.3. The van der Waals surface area contributed by atoms with Crippen LogP contribution in [-0.4, -0.2) is 43.4 Å². The third-order valence-corrected chi connectivity index (χ3v) is 3.43. The highest BCUT2D eigenvalue weighted by molar-refractivity contribution is 5.86. The lowest BCUT2D eigenvalue weighted by atomic mass is 10.2. The standard InChI is InChI=1S/C14H20N2O3/c1-10-6-7-16(13(9-17)14(18)15-10)11-4-3-5-12(8-11)19-2/h3-5,8,10,13,17H,6-7,9H2,1-2H3,(H,15,18). The number of anilines is 1. The largest absolute Gasteiger partial charge is 0.497 e. The first-order chi connectivity index (χ1) is 9.15. The lowest BCUT2D eigenvalue weighted by Gasteiger charge is -2.29. The smallest absolute Gasteiger partial charge is 0.245 e. The molecule has 1 aromatic carbocycles. The van der Waals surface area contributed by atoms with Crippen molar-refractivity contribution in [2.45, 2.75) is 25.4 Å². The molecule has 19 heavy (non-hydrogen) atoms. The highest BCUT2D eigenvalue weighted by atomic mass is 16.5. The number of benzene rings is 1. The minimum Gasteiger partial charge on any atom is -0.497 e. The molecule has 1 heterocycles. The fourth-order valence-electron chi connectivity index (χ4n) is 2.32. The van der Waals surface area contributed by atoms with Crippen molar-refractivity contribution < 1.29 is 14.6 Å². The molecule has 0 spiro atoms. The molecule has 1 aliphatic rings. The normalized spacial score (nSPS) is 23.7. The van der Waals surface area contributed by atoms with Gasteiger partial charge in [-0.15, -0.1) is 0 Å². The van der Waals surface area contributed by atoms with E-state index in [1.54, 1.807) is 7.11 Å². The molecule has 2 rings (SSSR count). The average molecular weight is 264 g/mol. The Bertz CT molecular complexity index is 450. The molecule has 0 saturated carbocycles. The van der Waals surface area contributed by atoms with Gasteiger partial charge in [0.2, 0.25) is 5.91 Å². The summed E-state index contributed by atoms with van der Waals surface area (Å²) < 4.78 is 5.20. The quantitative estimate of drug-likeness (QED) is 0.846. The van der Waals surface area contributed by atoms with Gasteiger partial charge in [0.25, 0.3) is 0 Å². The molecule has 1 aromatic rings. The van der Waals surface area contributed by atoms with Gasteiger partial charge in [0.15, 0.2) is 0 Å². The Morgan fingerprint density at radius 2 is 2.32 bits per heavy atom. The van der Waals surface area contributed by atoms with Crippen molar-refractivity contribution in [1.29, 1.82) is 0 Å². The van der Waals surface area contributed by atoms with E-state index in [1.807, 2.05) is 36.1 Å². The highest BCUT2D eigenvalue weighted by Gasteiger charge is 2.29. The molecule has 1 fully saturated rings. The lowest BCUT2D eigenvalue weighted by Crippen LogP contribution is -2.47. The zero-order valence-electron chi connectivity index (χ0n) is 11.3. The first kappa shape index (κ1) is 13.7. The predicted molar refractivity (Wildman–Crippen MR) is 73.4 cm³/mol. The molecule has 2 atom stereocenters. The molecule has 0 aliphatic carbocycles. The van der Waals surface area contributed by atoms with Crippen LogP contribution >= 0.6 is 0 Å². The lowest BCUT2D eigenvalue weighted by molar-refractivity contribution is -0.123. The molecule has 104 valence electrons. The summed E-state index contributed by atoms with van der Waals surface area (Å²) >= 11 is 0.